The summed E-state index contributed by atoms with van der Waals surface area (Å²) >= 11 is 0. The quantitative estimate of drug-likeness (QED) is 0.0126. The first-order chi connectivity index (χ1) is 32.2. The normalized spacial score (nSPS) is 15.0. The Balaban J connectivity index is 4.51. The third kappa shape index (κ3) is 49.1. The molecule has 0 aromatic carbocycles. The van der Waals surface area contributed by atoms with Gasteiger partial charge >= 0.3 is 27.6 Å². The maximum Gasteiger partial charge on any atom is 0.472 e. The molecule has 0 spiro atoms. The largest absolute Gasteiger partial charge is 0.472 e. The van der Waals surface area contributed by atoms with E-state index in [1.165, 1.54) is 135 Å². The van der Waals surface area contributed by atoms with Gasteiger partial charge in [-0.05, 0) is 44.4 Å². The Hall–Kier alpha value is -1.70. The van der Waals surface area contributed by atoms with Gasteiger partial charge in [-0.1, -0.05) is 211 Å². The van der Waals surface area contributed by atoms with Gasteiger partial charge in [0.2, 0.25) is 0 Å². The van der Waals surface area contributed by atoms with E-state index >= 15 is 0 Å². The zero-order chi connectivity index (χ0) is 49.7. The van der Waals surface area contributed by atoms with E-state index in [1.54, 1.807) is 12.2 Å². The highest BCUT2D eigenvalue weighted by atomic mass is 31.2. The summed E-state index contributed by atoms with van der Waals surface area (Å²) in [6.07, 6.45) is 43.0. The molecule has 0 bridgehead atoms. The lowest BCUT2D eigenvalue weighted by Crippen LogP contribution is -2.30. The van der Waals surface area contributed by atoms with Gasteiger partial charge in [-0.2, -0.15) is 0 Å². The summed E-state index contributed by atoms with van der Waals surface area (Å²) in [5, 5.41) is 20.1. The number of allylic oxidation sites excluding steroid dienone is 5. The highest BCUT2D eigenvalue weighted by molar-refractivity contribution is 7.47. The van der Waals surface area contributed by atoms with Gasteiger partial charge in [0, 0.05) is 12.8 Å². The Bertz CT molecular complexity index is 1350. The standard InChI is InChI=1S/C51H96O14P2/c1-4-6-7-8-9-10-11-18-22-25-28-31-34-38-47(52)39-36-41-50(54)61-44-49(45-64-67(59,60)63-43-48(53)42-62-66(56,57)58)65-51(55)40-35-32-29-26-23-20-17-15-13-12-14-16-19-21-24-27-30-33-37-46(3)5-2/h18,22,28,31,34,38,46-49,52-53H,4-17,19-21,23-27,29-30,32-33,35-37,39-45H2,1-3H3,(H,59,60)(H2,56,57,58)/b22-18+,31-28+,38-34+/t46?,47?,48-,49+/m0/s1. The topological polar surface area (TPSA) is 216 Å². The number of aliphatic hydroxyl groups excluding tert-OH is 2. The molecule has 0 aliphatic heterocycles. The molecule has 0 saturated carbocycles. The molecule has 0 aliphatic rings. The summed E-state index contributed by atoms with van der Waals surface area (Å²) in [4.78, 5) is 53.0. The van der Waals surface area contributed by atoms with Crippen LogP contribution in [-0.2, 0) is 41.8 Å². The second kappa shape index (κ2) is 45.4. The van der Waals surface area contributed by atoms with Crippen molar-refractivity contribution < 1.29 is 66.7 Å². The molecule has 0 aromatic heterocycles. The molecule has 0 heterocycles. The van der Waals surface area contributed by atoms with Crippen molar-refractivity contribution in [2.75, 3.05) is 26.4 Å². The maximum atomic E-state index is 12.7. The van der Waals surface area contributed by atoms with E-state index in [0.717, 1.165) is 44.4 Å². The smallest absolute Gasteiger partial charge is 0.462 e. The number of aliphatic hydroxyl groups is 2. The Morgan fingerprint density at radius 3 is 1.61 bits per heavy atom. The molecule has 16 heteroatoms. The second-order valence-electron chi connectivity index (χ2n) is 18.2. The molecule has 0 aliphatic carbocycles. The fourth-order valence-corrected chi connectivity index (χ4v) is 8.43. The van der Waals surface area contributed by atoms with Gasteiger partial charge in [0.05, 0.1) is 25.9 Å². The van der Waals surface area contributed by atoms with Crippen molar-refractivity contribution in [1.29, 1.82) is 0 Å². The van der Waals surface area contributed by atoms with Crippen LogP contribution >= 0.6 is 15.6 Å². The van der Waals surface area contributed by atoms with Crippen molar-refractivity contribution in [3.8, 4) is 0 Å². The van der Waals surface area contributed by atoms with Crippen LogP contribution in [0.3, 0.4) is 0 Å². The number of carbonyl (C=O) groups excluding carboxylic acids is 2. The molecule has 0 rings (SSSR count). The van der Waals surface area contributed by atoms with Crippen molar-refractivity contribution in [3.05, 3.63) is 36.5 Å². The van der Waals surface area contributed by atoms with Crippen LogP contribution in [0.5, 0.6) is 0 Å². The van der Waals surface area contributed by atoms with Crippen LogP contribution in [0.1, 0.15) is 226 Å². The number of esters is 2. The van der Waals surface area contributed by atoms with Crippen molar-refractivity contribution in [2.45, 2.75) is 245 Å². The summed E-state index contributed by atoms with van der Waals surface area (Å²) < 4.78 is 47.9. The van der Waals surface area contributed by atoms with Gasteiger partial charge < -0.3 is 34.4 Å². The molecule has 0 radical (unpaired) electrons. The van der Waals surface area contributed by atoms with E-state index < -0.39 is 72.3 Å². The minimum absolute atomic E-state index is 0.0269. The Morgan fingerprint density at radius 1 is 0.537 bits per heavy atom. The van der Waals surface area contributed by atoms with Gasteiger partial charge in [0.25, 0.3) is 0 Å². The zero-order valence-electron chi connectivity index (χ0n) is 42.0. The number of hydrogen-bond donors (Lipinski definition) is 5. The highest BCUT2D eigenvalue weighted by Crippen LogP contribution is 2.44. The van der Waals surface area contributed by atoms with Gasteiger partial charge in [-0.3, -0.25) is 23.2 Å². The van der Waals surface area contributed by atoms with Crippen molar-refractivity contribution in [1.82, 2.24) is 0 Å². The minimum atomic E-state index is -4.88. The summed E-state index contributed by atoms with van der Waals surface area (Å²) in [6, 6.07) is 0. The summed E-state index contributed by atoms with van der Waals surface area (Å²) in [5.74, 6) is -0.342. The molecule has 5 atom stereocenters. The van der Waals surface area contributed by atoms with Gasteiger partial charge in [-0.15, -0.1) is 0 Å². The molecule has 0 fully saturated rings. The Kier molecular flexibility index (Phi) is 44.3. The number of rotatable bonds is 49. The first kappa shape index (κ1) is 65.3. The Morgan fingerprint density at radius 2 is 1.04 bits per heavy atom. The molecule has 394 valence electrons. The number of unbranched alkanes of at least 4 members (excludes halogenated alkanes) is 23. The van der Waals surface area contributed by atoms with Crippen LogP contribution in [0.2, 0.25) is 0 Å². The van der Waals surface area contributed by atoms with Gasteiger partial charge in [0.1, 0.15) is 12.7 Å². The van der Waals surface area contributed by atoms with Crippen LogP contribution in [0, 0.1) is 5.92 Å². The van der Waals surface area contributed by atoms with E-state index in [0.29, 0.717) is 19.3 Å². The van der Waals surface area contributed by atoms with E-state index in [1.807, 2.05) is 12.2 Å². The predicted octanol–water partition coefficient (Wildman–Crippen LogP) is 13.2. The average Bonchev–Trinajstić information content (AvgIpc) is 3.29. The summed E-state index contributed by atoms with van der Waals surface area (Å²) in [7, 11) is -9.74. The van der Waals surface area contributed by atoms with Crippen molar-refractivity contribution in [2.24, 2.45) is 5.92 Å². The fourth-order valence-electron chi connectivity index (χ4n) is 7.28. The van der Waals surface area contributed by atoms with E-state index in [4.69, 9.17) is 28.3 Å². The predicted molar refractivity (Wildman–Crippen MR) is 268 cm³/mol. The minimum Gasteiger partial charge on any atom is -0.462 e. The summed E-state index contributed by atoms with van der Waals surface area (Å²) in [6.45, 7) is 3.97. The first-order valence-corrected chi connectivity index (χ1v) is 29.2. The number of ether oxygens (including phenoxy) is 2. The van der Waals surface area contributed by atoms with Crippen LogP contribution < -0.4 is 0 Å². The molecule has 14 nitrogen and oxygen atoms in total. The third-order valence-electron chi connectivity index (χ3n) is 11.7. The highest BCUT2D eigenvalue weighted by Gasteiger charge is 2.28. The lowest BCUT2D eigenvalue weighted by Gasteiger charge is -2.20. The first-order valence-electron chi connectivity index (χ1n) is 26.2. The zero-order valence-corrected chi connectivity index (χ0v) is 43.8. The number of phosphoric ester groups is 2. The number of hydrogen-bond acceptors (Lipinski definition) is 11. The van der Waals surface area contributed by atoms with Crippen LogP contribution in [0.4, 0.5) is 0 Å². The Labute approximate surface area is 406 Å². The van der Waals surface area contributed by atoms with E-state index in [2.05, 4.69) is 37.4 Å². The van der Waals surface area contributed by atoms with Crippen LogP contribution in [0.15, 0.2) is 36.5 Å². The van der Waals surface area contributed by atoms with Crippen LogP contribution in [0.25, 0.3) is 0 Å². The second-order valence-corrected chi connectivity index (χ2v) is 20.9. The number of carbonyl (C=O) groups is 2. The molecule has 0 aromatic rings. The summed E-state index contributed by atoms with van der Waals surface area (Å²) in [5.41, 5.74) is 0. The van der Waals surface area contributed by atoms with Crippen molar-refractivity contribution in [3.63, 3.8) is 0 Å². The fraction of sp³-hybridized carbons (Fsp3) is 0.843. The molecule has 5 N–H and O–H groups in total. The van der Waals surface area contributed by atoms with Gasteiger partial charge in [0.15, 0.2) is 6.10 Å². The molecule has 0 amide bonds. The molecule has 0 saturated heterocycles. The van der Waals surface area contributed by atoms with Crippen LogP contribution in [-0.4, -0.2) is 81.6 Å². The van der Waals surface area contributed by atoms with E-state index in [-0.39, 0.29) is 12.8 Å². The lowest BCUT2D eigenvalue weighted by atomic mass is 9.99. The molecule has 3 unspecified atom stereocenters. The molecule has 67 heavy (non-hydrogen) atoms. The van der Waals surface area contributed by atoms with E-state index in [9.17, 15) is 33.8 Å². The number of phosphoric acid groups is 2. The third-order valence-corrected chi connectivity index (χ3v) is 13.1. The molecular formula is C51H96O14P2. The molecular weight excluding hydrogens is 898 g/mol. The van der Waals surface area contributed by atoms with Gasteiger partial charge in [-0.25, -0.2) is 9.13 Å². The SMILES string of the molecule is CCCCCCCC/C=C/C/C=C/C=C/C(O)CCCC(=O)OC[C@H](COP(=O)(O)OC[C@@H](O)COP(=O)(O)O)OC(=O)CCCCCCCCCCCCCCCCCCCCC(C)CC. The lowest BCUT2D eigenvalue weighted by molar-refractivity contribution is -0.161. The van der Waals surface area contributed by atoms with Crippen molar-refractivity contribution >= 4 is 27.6 Å². The average molecular weight is 995 g/mol. The monoisotopic (exact) mass is 995 g/mol. The maximum absolute atomic E-state index is 12.7.